The van der Waals surface area contributed by atoms with Gasteiger partial charge < -0.3 is 0 Å². The van der Waals surface area contributed by atoms with Crippen LogP contribution in [0.2, 0.25) is 0 Å². The SMILES string of the molecule is C1=CCCCC1.CC1CCS(=O)(=O)C1. The predicted octanol–water partition coefficient (Wildman–Crippen LogP) is 2.56. The van der Waals surface area contributed by atoms with Crippen LogP contribution >= 0.6 is 0 Å². The molecule has 2 nitrogen and oxygen atoms in total. The molecule has 0 aromatic heterocycles. The van der Waals surface area contributed by atoms with Crippen molar-refractivity contribution >= 4 is 9.84 Å². The molecule has 2 rings (SSSR count). The molecule has 0 N–H and O–H groups in total. The fraction of sp³-hybridized carbons (Fsp3) is 0.818. The molecule has 0 saturated carbocycles. The minimum atomic E-state index is -2.60. The van der Waals surface area contributed by atoms with Gasteiger partial charge in [0.05, 0.1) is 11.5 Å². The molecule has 0 bridgehead atoms. The average Bonchev–Trinajstić information content (AvgIpc) is 2.48. The summed E-state index contributed by atoms with van der Waals surface area (Å²) in [5.74, 6) is 1.22. The molecule has 2 aliphatic rings. The van der Waals surface area contributed by atoms with Gasteiger partial charge >= 0.3 is 0 Å². The first-order valence-electron chi connectivity index (χ1n) is 5.45. The topological polar surface area (TPSA) is 34.1 Å². The molecule has 1 saturated heterocycles. The van der Waals surface area contributed by atoms with Crippen molar-refractivity contribution in [3.8, 4) is 0 Å². The van der Waals surface area contributed by atoms with Crippen LogP contribution < -0.4 is 0 Å². The maximum absolute atomic E-state index is 10.6. The Morgan fingerprint density at radius 1 is 1.14 bits per heavy atom. The smallest absolute Gasteiger partial charge is 0.150 e. The van der Waals surface area contributed by atoms with E-state index in [2.05, 4.69) is 12.2 Å². The van der Waals surface area contributed by atoms with E-state index in [1.54, 1.807) is 0 Å². The molecule has 0 radical (unpaired) electrons. The summed E-state index contributed by atoms with van der Waals surface area (Å²) >= 11 is 0. The summed E-state index contributed by atoms with van der Waals surface area (Å²) in [7, 11) is -2.60. The number of rotatable bonds is 0. The quantitative estimate of drug-likeness (QED) is 0.583. The molecule has 0 aromatic rings. The second-order valence-corrected chi connectivity index (χ2v) is 6.49. The normalized spacial score (nSPS) is 29.4. The van der Waals surface area contributed by atoms with Gasteiger partial charge in [-0.3, -0.25) is 0 Å². The van der Waals surface area contributed by atoms with Crippen LogP contribution in [-0.2, 0) is 9.84 Å². The van der Waals surface area contributed by atoms with Crippen LogP contribution in [0.25, 0.3) is 0 Å². The molecule has 1 aliphatic heterocycles. The average molecular weight is 216 g/mol. The lowest BCUT2D eigenvalue weighted by Crippen LogP contribution is -2.01. The molecule has 14 heavy (non-hydrogen) atoms. The van der Waals surface area contributed by atoms with E-state index >= 15 is 0 Å². The number of hydrogen-bond donors (Lipinski definition) is 0. The predicted molar refractivity (Wildman–Crippen MR) is 60.0 cm³/mol. The fourth-order valence-corrected chi connectivity index (χ4v) is 3.70. The zero-order valence-electron chi connectivity index (χ0n) is 8.91. The van der Waals surface area contributed by atoms with Crippen molar-refractivity contribution < 1.29 is 8.42 Å². The fourth-order valence-electron chi connectivity index (χ4n) is 1.74. The summed E-state index contributed by atoms with van der Waals surface area (Å²) < 4.78 is 21.3. The van der Waals surface area contributed by atoms with E-state index in [9.17, 15) is 8.42 Å². The van der Waals surface area contributed by atoms with Crippen molar-refractivity contribution in [1.82, 2.24) is 0 Å². The highest BCUT2D eigenvalue weighted by Gasteiger charge is 2.23. The molecule has 1 heterocycles. The van der Waals surface area contributed by atoms with E-state index in [1.807, 2.05) is 6.92 Å². The van der Waals surface area contributed by atoms with Crippen molar-refractivity contribution in [2.75, 3.05) is 11.5 Å². The lowest BCUT2D eigenvalue weighted by molar-refractivity contribution is 0.599. The van der Waals surface area contributed by atoms with Crippen molar-refractivity contribution in [2.24, 2.45) is 5.92 Å². The summed E-state index contributed by atoms with van der Waals surface area (Å²) in [6.45, 7) is 1.98. The first-order valence-corrected chi connectivity index (χ1v) is 7.28. The van der Waals surface area contributed by atoms with Crippen LogP contribution in [0, 0.1) is 5.92 Å². The lowest BCUT2D eigenvalue weighted by Gasteiger charge is -1.97. The van der Waals surface area contributed by atoms with E-state index < -0.39 is 9.84 Å². The maximum atomic E-state index is 10.6. The van der Waals surface area contributed by atoms with Crippen LogP contribution in [0.15, 0.2) is 12.2 Å². The number of allylic oxidation sites excluding steroid dienone is 2. The van der Waals surface area contributed by atoms with E-state index in [0.717, 1.165) is 6.42 Å². The Labute approximate surface area is 87.3 Å². The van der Waals surface area contributed by atoms with E-state index in [4.69, 9.17) is 0 Å². The molecule has 0 spiro atoms. The maximum Gasteiger partial charge on any atom is 0.150 e. The highest BCUT2D eigenvalue weighted by atomic mass is 32.2. The van der Waals surface area contributed by atoms with Gasteiger partial charge in [0.15, 0.2) is 9.84 Å². The minimum absolute atomic E-state index is 0.403. The minimum Gasteiger partial charge on any atom is -0.229 e. The highest BCUT2D eigenvalue weighted by molar-refractivity contribution is 7.91. The Kier molecular flexibility index (Phi) is 4.66. The number of hydrogen-bond acceptors (Lipinski definition) is 2. The molecule has 1 aliphatic carbocycles. The van der Waals surface area contributed by atoms with E-state index in [1.165, 1.54) is 25.7 Å². The lowest BCUT2D eigenvalue weighted by atomic mass is 10.1. The summed E-state index contributed by atoms with van der Waals surface area (Å²) in [4.78, 5) is 0. The van der Waals surface area contributed by atoms with Gasteiger partial charge in [0.2, 0.25) is 0 Å². The van der Waals surface area contributed by atoms with Crippen LogP contribution in [0.4, 0.5) is 0 Å². The van der Waals surface area contributed by atoms with Crippen LogP contribution in [0.1, 0.15) is 39.0 Å². The van der Waals surface area contributed by atoms with Gasteiger partial charge in [-0.15, -0.1) is 0 Å². The first kappa shape index (κ1) is 11.8. The van der Waals surface area contributed by atoms with Crippen LogP contribution in [-0.4, -0.2) is 19.9 Å². The van der Waals surface area contributed by atoms with Crippen molar-refractivity contribution in [3.05, 3.63) is 12.2 Å². The summed E-state index contributed by atoms with van der Waals surface area (Å²) in [6.07, 6.45) is 10.9. The highest BCUT2D eigenvalue weighted by Crippen LogP contribution is 2.16. The Hall–Kier alpha value is -0.310. The third kappa shape index (κ3) is 4.80. The molecular weight excluding hydrogens is 196 g/mol. The largest absolute Gasteiger partial charge is 0.229 e. The Bertz CT molecular complexity index is 270. The molecule has 1 atom stereocenters. The van der Waals surface area contributed by atoms with Crippen molar-refractivity contribution in [3.63, 3.8) is 0 Å². The molecule has 0 aromatic carbocycles. The standard InChI is InChI=1S/C6H10.C5H10O2S/c1-2-4-6-5-3-1;1-5-2-3-8(6,7)4-5/h1-2H,3-6H2;5H,2-4H2,1H3. The van der Waals surface area contributed by atoms with Gasteiger partial charge in [0.25, 0.3) is 0 Å². The van der Waals surface area contributed by atoms with Gasteiger partial charge in [-0.25, -0.2) is 8.42 Å². The molecule has 82 valence electrons. The Morgan fingerprint density at radius 3 is 1.86 bits per heavy atom. The second kappa shape index (κ2) is 5.54. The second-order valence-electron chi connectivity index (χ2n) is 4.26. The third-order valence-corrected chi connectivity index (χ3v) is 4.55. The molecule has 0 amide bonds. The Morgan fingerprint density at radius 2 is 1.71 bits per heavy atom. The van der Waals surface area contributed by atoms with Gasteiger partial charge in [-0.2, -0.15) is 0 Å². The summed E-state index contributed by atoms with van der Waals surface area (Å²) in [5, 5.41) is 0. The monoisotopic (exact) mass is 216 g/mol. The third-order valence-electron chi connectivity index (χ3n) is 2.62. The van der Waals surface area contributed by atoms with Crippen LogP contribution in [0.3, 0.4) is 0 Å². The van der Waals surface area contributed by atoms with Crippen molar-refractivity contribution in [2.45, 2.75) is 39.0 Å². The zero-order valence-corrected chi connectivity index (χ0v) is 9.72. The molecular formula is C11H20O2S. The van der Waals surface area contributed by atoms with E-state index in [-0.39, 0.29) is 0 Å². The van der Waals surface area contributed by atoms with Crippen LogP contribution in [0.5, 0.6) is 0 Å². The molecule has 1 unspecified atom stereocenters. The van der Waals surface area contributed by atoms with Gasteiger partial charge in [0.1, 0.15) is 0 Å². The molecule has 3 heteroatoms. The molecule has 1 fully saturated rings. The van der Waals surface area contributed by atoms with Gasteiger partial charge in [0, 0.05) is 0 Å². The first-order chi connectivity index (χ1) is 6.60. The number of sulfone groups is 1. The summed E-state index contributed by atoms with van der Waals surface area (Å²) in [5.41, 5.74) is 0. The zero-order chi connectivity index (χ0) is 10.4. The summed E-state index contributed by atoms with van der Waals surface area (Å²) in [6, 6.07) is 0. The van der Waals surface area contributed by atoms with E-state index in [0.29, 0.717) is 17.4 Å². The van der Waals surface area contributed by atoms with Gasteiger partial charge in [-0.1, -0.05) is 19.1 Å². The van der Waals surface area contributed by atoms with Gasteiger partial charge in [-0.05, 0) is 38.0 Å². The Balaban J connectivity index is 0.000000146. The van der Waals surface area contributed by atoms with Crippen molar-refractivity contribution in [1.29, 1.82) is 0 Å².